The molecule has 216 valence electrons. The van der Waals surface area contributed by atoms with E-state index < -0.39 is 29.6 Å². The van der Waals surface area contributed by atoms with E-state index in [0.717, 1.165) is 24.8 Å². The Kier molecular flexibility index (Phi) is 9.63. The van der Waals surface area contributed by atoms with Crippen LogP contribution in [-0.4, -0.2) is 39.0 Å². The van der Waals surface area contributed by atoms with Crippen molar-refractivity contribution in [3.63, 3.8) is 0 Å². The van der Waals surface area contributed by atoms with Gasteiger partial charge in [0.2, 0.25) is 0 Å². The van der Waals surface area contributed by atoms with Gasteiger partial charge in [0.25, 0.3) is 0 Å². The average Bonchev–Trinajstić information content (AvgIpc) is 2.90. The Bertz CT molecular complexity index is 1150. The molecule has 40 heavy (non-hydrogen) atoms. The van der Waals surface area contributed by atoms with Crippen LogP contribution in [0.1, 0.15) is 36.0 Å². The molecule has 0 unspecified atom stereocenters. The quantitative estimate of drug-likeness (QED) is 0.193. The molecule has 0 spiro atoms. The lowest BCUT2D eigenvalue weighted by molar-refractivity contribution is -0.275. The molecule has 1 saturated heterocycles. The van der Waals surface area contributed by atoms with E-state index in [9.17, 15) is 26.3 Å². The first-order valence-corrected chi connectivity index (χ1v) is 13.1. The Morgan fingerprint density at radius 1 is 0.725 bits per heavy atom. The lowest BCUT2D eigenvalue weighted by Gasteiger charge is -2.37. The zero-order valence-corrected chi connectivity index (χ0v) is 21.7. The molecule has 3 aromatic carbocycles. The smallest absolute Gasteiger partial charge is 0.406 e. The van der Waals surface area contributed by atoms with Gasteiger partial charge in [-0.2, -0.15) is 0 Å². The van der Waals surface area contributed by atoms with E-state index in [1.165, 1.54) is 36.4 Å². The number of alkyl halides is 6. The van der Waals surface area contributed by atoms with E-state index in [2.05, 4.69) is 14.8 Å². The zero-order valence-electron chi connectivity index (χ0n) is 21.7. The van der Waals surface area contributed by atoms with Crippen molar-refractivity contribution < 1.29 is 40.6 Å². The Balaban J connectivity index is 1.76. The van der Waals surface area contributed by atoms with Crippen LogP contribution in [0.5, 0.6) is 11.5 Å². The molecule has 1 fully saturated rings. The molecule has 3 aromatic rings. The minimum absolute atomic E-state index is 0.246. The van der Waals surface area contributed by atoms with Gasteiger partial charge in [0.15, 0.2) is 0 Å². The second-order valence-corrected chi connectivity index (χ2v) is 9.92. The molecule has 1 N–H and O–H groups in total. The molecule has 0 aliphatic carbocycles. The summed E-state index contributed by atoms with van der Waals surface area (Å²) in [7, 11) is 0. The van der Waals surface area contributed by atoms with Crippen LogP contribution in [-0.2, 0) is 16.6 Å². The highest BCUT2D eigenvalue weighted by atomic mass is 19.4. The minimum atomic E-state index is -4.90. The third-order valence-corrected chi connectivity index (χ3v) is 7.09. The fourth-order valence-corrected chi connectivity index (χ4v) is 5.21. The van der Waals surface area contributed by atoms with Crippen LogP contribution in [0.2, 0.25) is 0 Å². The van der Waals surface area contributed by atoms with Gasteiger partial charge in [0.1, 0.15) is 11.5 Å². The van der Waals surface area contributed by atoms with Crippen LogP contribution in [0.25, 0.3) is 0 Å². The van der Waals surface area contributed by atoms with E-state index in [1.807, 2.05) is 30.3 Å². The first kappa shape index (κ1) is 29.7. The van der Waals surface area contributed by atoms with Crippen molar-refractivity contribution in [1.29, 1.82) is 0 Å². The number of hydrogen-bond donors (Lipinski definition) is 1. The van der Waals surface area contributed by atoms with Gasteiger partial charge in [-0.3, -0.25) is 0 Å². The molecular formula is C30H31F6NO3. The molecule has 1 aliphatic heterocycles. The molecule has 1 heterocycles. The van der Waals surface area contributed by atoms with E-state index in [4.69, 9.17) is 4.74 Å². The molecule has 0 aromatic heterocycles. The van der Waals surface area contributed by atoms with Crippen molar-refractivity contribution in [2.75, 3.05) is 26.3 Å². The van der Waals surface area contributed by atoms with Crippen LogP contribution in [0, 0.1) is 5.92 Å². The molecule has 0 bridgehead atoms. The van der Waals surface area contributed by atoms with Gasteiger partial charge >= 0.3 is 12.7 Å². The first-order valence-electron chi connectivity index (χ1n) is 13.1. The van der Waals surface area contributed by atoms with E-state index >= 15 is 0 Å². The summed E-state index contributed by atoms with van der Waals surface area (Å²) in [5, 5.41) is 3.46. The maximum absolute atomic E-state index is 13.1. The SMILES string of the molecule is FC(F)(F)Oc1cccc(C(CNCCC2CCOCC2)(Cc2ccccc2)c2cccc(OC(F)(F)F)c2)c1. The fraction of sp³-hybridized carbons (Fsp3) is 0.400. The van der Waals surface area contributed by atoms with E-state index in [0.29, 0.717) is 43.2 Å². The van der Waals surface area contributed by atoms with Crippen molar-refractivity contribution >= 4 is 0 Å². The predicted molar refractivity (Wildman–Crippen MR) is 138 cm³/mol. The third-order valence-electron chi connectivity index (χ3n) is 7.09. The highest BCUT2D eigenvalue weighted by Crippen LogP contribution is 2.40. The number of hydrogen-bond acceptors (Lipinski definition) is 4. The first-order chi connectivity index (χ1) is 19.0. The number of nitrogens with one attached hydrogen (secondary N) is 1. The highest BCUT2D eigenvalue weighted by Gasteiger charge is 2.38. The topological polar surface area (TPSA) is 39.7 Å². The fourth-order valence-electron chi connectivity index (χ4n) is 5.21. The summed E-state index contributed by atoms with van der Waals surface area (Å²) in [6, 6.07) is 20.5. The largest absolute Gasteiger partial charge is 0.573 e. The number of ether oxygens (including phenoxy) is 3. The van der Waals surface area contributed by atoms with Crippen molar-refractivity contribution in [3.05, 3.63) is 95.6 Å². The van der Waals surface area contributed by atoms with Gasteiger partial charge in [-0.15, -0.1) is 26.3 Å². The third kappa shape index (κ3) is 8.63. The van der Waals surface area contributed by atoms with Crippen molar-refractivity contribution in [2.24, 2.45) is 5.92 Å². The van der Waals surface area contributed by atoms with Gasteiger partial charge in [0.05, 0.1) is 0 Å². The van der Waals surface area contributed by atoms with Gasteiger partial charge in [-0.25, -0.2) is 0 Å². The molecule has 1 aliphatic rings. The molecule has 0 amide bonds. The monoisotopic (exact) mass is 567 g/mol. The summed E-state index contributed by atoms with van der Waals surface area (Å²) in [5.74, 6) is -0.337. The molecular weight excluding hydrogens is 536 g/mol. The van der Waals surface area contributed by atoms with Crippen LogP contribution in [0.4, 0.5) is 26.3 Å². The van der Waals surface area contributed by atoms with Gasteiger partial charge in [0, 0.05) is 25.2 Å². The minimum Gasteiger partial charge on any atom is -0.406 e. The lowest BCUT2D eigenvalue weighted by Crippen LogP contribution is -2.42. The van der Waals surface area contributed by atoms with Gasteiger partial charge in [-0.1, -0.05) is 54.6 Å². The Labute approximate surface area is 229 Å². The summed E-state index contributed by atoms with van der Waals surface area (Å²) in [5.41, 5.74) is 0.715. The molecule has 0 atom stereocenters. The average molecular weight is 568 g/mol. The number of halogens is 6. The highest BCUT2D eigenvalue weighted by molar-refractivity contribution is 5.47. The van der Waals surface area contributed by atoms with Gasteiger partial charge in [-0.05, 0) is 79.1 Å². The molecule has 4 rings (SSSR count). The predicted octanol–water partition coefficient (Wildman–Crippen LogP) is 7.42. The zero-order chi connectivity index (χ0) is 28.6. The summed E-state index contributed by atoms with van der Waals surface area (Å²) in [6.45, 7) is 2.29. The van der Waals surface area contributed by atoms with Crippen LogP contribution in [0.3, 0.4) is 0 Å². The second-order valence-electron chi connectivity index (χ2n) is 9.92. The Morgan fingerprint density at radius 2 is 1.27 bits per heavy atom. The Hall–Kier alpha value is -3.24. The van der Waals surface area contributed by atoms with E-state index in [-0.39, 0.29) is 6.54 Å². The normalized spacial score (nSPS) is 15.2. The molecule has 4 nitrogen and oxygen atoms in total. The van der Waals surface area contributed by atoms with Crippen LogP contribution in [0.15, 0.2) is 78.9 Å². The molecule has 0 radical (unpaired) electrons. The summed E-state index contributed by atoms with van der Waals surface area (Å²) >= 11 is 0. The van der Waals surface area contributed by atoms with Gasteiger partial charge < -0.3 is 19.5 Å². The van der Waals surface area contributed by atoms with Crippen molar-refractivity contribution in [3.8, 4) is 11.5 Å². The second kappa shape index (κ2) is 13.0. The maximum Gasteiger partial charge on any atom is 0.573 e. The summed E-state index contributed by atoms with van der Waals surface area (Å²) < 4.78 is 92.5. The number of rotatable bonds is 11. The molecule has 10 heteroatoms. The van der Waals surface area contributed by atoms with Crippen molar-refractivity contribution in [1.82, 2.24) is 5.32 Å². The van der Waals surface area contributed by atoms with Crippen LogP contribution < -0.4 is 14.8 Å². The molecule has 0 saturated carbocycles. The Morgan fingerprint density at radius 3 is 1.80 bits per heavy atom. The standard InChI is InChI=1S/C30H31F6NO3/c31-29(32,33)39-26-10-4-8-24(18-26)28(20-23-6-2-1-3-7-23,21-37-15-12-22-13-16-38-17-14-22)25-9-5-11-27(19-25)40-30(34,35)36/h1-11,18-19,22,37H,12-17,20-21H2. The summed E-state index contributed by atoms with van der Waals surface area (Å²) in [4.78, 5) is 0. The lowest BCUT2D eigenvalue weighted by atomic mass is 9.70. The van der Waals surface area contributed by atoms with Crippen molar-refractivity contribution in [2.45, 2.75) is 43.8 Å². The van der Waals surface area contributed by atoms with E-state index in [1.54, 1.807) is 12.1 Å². The maximum atomic E-state index is 13.1. The summed E-state index contributed by atoms with van der Waals surface area (Å²) in [6.07, 6.45) is -6.73. The van der Waals surface area contributed by atoms with Crippen LogP contribution >= 0.6 is 0 Å². The number of benzene rings is 3.